The Balaban J connectivity index is 1.29. The lowest BCUT2D eigenvalue weighted by Gasteiger charge is -2.31. The molecular weight excluding hydrogens is 607 g/mol. The van der Waals surface area contributed by atoms with Crippen molar-refractivity contribution >= 4 is 68.4 Å². The molecule has 0 aliphatic carbocycles. The van der Waals surface area contributed by atoms with Crippen molar-refractivity contribution in [1.29, 1.82) is 0 Å². The fourth-order valence-electron chi connectivity index (χ4n) is 4.19. The van der Waals surface area contributed by atoms with Crippen molar-refractivity contribution in [3.63, 3.8) is 0 Å². The van der Waals surface area contributed by atoms with Gasteiger partial charge in [-0.25, -0.2) is 4.79 Å². The van der Waals surface area contributed by atoms with Crippen molar-refractivity contribution in [2.75, 3.05) is 23.7 Å². The van der Waals surface area contributed by atoms with Gasteiger partial charge in [-0.05, 0) is 55.3 Å². The van der Waals surface area contributed by atoms with Crippen molar-refractivity contribution in [3.05, 3.63) is 80.7 Å². The second-order valence-corrected chi connectivity index (χ2v) is 10.8. The maximum absolute atomic E-state index is 12.9. The van der Waals surface area contributed by atoms with Crippen LogP contribution in [0.4, 0.5) is 16.2 Å². The predicted octanol–water partition coefficient (Wildman–Crippen LogP) is 7.07. The van der Waals surface area contributed by atoms with Crippen LogP contribution in [0.5, 0.6) is 11.5 Å². The van der Waals surface area contributed by atoms with E-state index in [0.29, 0.717) is 58.9 Å². The fourth-order valence-corrected chi connectivity index (χ4v) is 4.81. The van der Waals surface area contributed by atoms with E-state index in [9.17, 15) is 14.4 Å². The number of hydrogen-bond acceptors (Lipinski definition) is 4. The molecule has 0 radical (unpaired) electrons. The predicted molar refractivity (Wildman–Crippen MR) is 157 cm³/mol. The summed E-state index contributed by atoms with van der Waals surface area (Å²) >= 11 is 15.6. The standard InChI is InChI=1S/C28H27BrCl2N4O4/c1-17(36)33-21-3-2-4-22(14-21)34-27(37)18-9-11-35(12-10-18)28(38)32-16-19-5-6-20(29)13-26(19)39-23-7-8-24(30)25(31)15-23/h2-8,13-15,18H,9-12,16H2,1H3,(H,32,38)(H,33,36)(H,34,37). The van der Waals surface area contributed by atoms with Gasteiger partial charge >= 0.3 is 6.03 Å². The van der Waals surface area contributed by atoms with Crippen LogP contribution in [0.3, 0.4) is 0 Å². The third kappa shape index (κ3) is 8.11. The van der Waals surface area contributed by atoms with Gasteiger partial charge < -0.3 is 25.6 Å². The Hall–Kier alpha value is -3.27. The summed E-state index contributed by atoms with van der Waals surface area (Å²) in [4.78, 5) is 38.7. The van der Waals surface area contributed by atoms with Gasteiger partial charge in [0.2, 0.25) is 11.8 Å². The lowest BCUT2D eigenvalue weighted by atomic mass is 9.96. The van der Waals surface area contributed by atoms with Crippen LogP contribution in [0.25, 0.3) is 0 Å². The highest BCUT2D eigenvalue weighted by Crippen LogP contribution is 2.32. The number of benzene rings is 3. The minimum atomic E-state index is -0.212. The molecule has 0 bridgehead atoms. The van der Waals surface area contributed by atoms with E-state index in [1.165, 1.54) is 6.92 Å². The Morgan fingerprint density at radius 2 is 1.67 bits per heavy atom. The van der Waals surface area contributed by atoms with Crippen molar-refractivity contribution in [2.45, 2.75) is 26.3 Å². The summed E-state index contributed by atoms with van der Waals surface area (Å²) in [6, 6.07) is 17.4. The first-order valence-electron chi connectivity index (χ1n) is 12.3. The summed E-state index contributed by atoms with van der Waals surface area (Å²) < 4.78 is 6.84. The van der Waals surface area contributed by atoms with Crippen LogP contribution in [0, 0.1) is 5.92 Å². The molecule has 1 aliphatic heterocycles. The molecule has 0 aromatic heterocycles. The molecule has 0 unspecified atom stereocenters. The second-order valence-electron chi connectivity index (χ2n) is 9.10. The van der Waals surface area contributed by atoms with Gasteiger partial charge in [0.1, 0.15) is 11.5 Å². The van der Waals surface area contributed by atoms with E-state index in [1.54, 1.807) is 47.4 Å². The van der Waals surface area contributed by atoms with Gasteiger partial charge in [0.15, 0.2) is 0 Å². The molecule has 8 nitrogen and oxygen atoms in total. The average molecular weight is 634 g/mol. The molecule has 3 aromatic rings. The molecule has 1 heterocycles. The quantitative estimate of drug-likeness (QED) is 0.259. The molecule has 1 saturated heterocycles. The van der Waals surface area contributed by atoms with Crippen molar-refractivity contribution < 1.29 is 19.1 Å². The maximum Gasteiger partial charge on any atom is 0.317 e. The number of rotatable bonds is 7. The Morgan fingerprint density at radius 3 is 2.36 bits per heavy atom. The van der Waals surface area contributed by atoms with Crippen LogP contribution in [0.1, 0.15) is 25.3 Å². The van der Waals surface area contributed by atoms with Crippen LogP contribution in [-0.4, -0.2) is 35.8 Å². The molecule has 0 atom stereocenters. The van der Waals surface area contributed by atoms with Gasteiger partial charge in [0.05, 0.1) is 10.0 Å². The number of ether oxygens (including phenoxy) is 1. The molecule has 4 rings (SSSR count). The Morgan fingerprint density at radius 1 is 0.949 bits per heavy atom. The number of carbonyl (C=O) groups is 3. The second kappa shape index (κ2) is 13.2. The molecular formula is C28H27BrCl2N4O4. The van der Waals surface area contributed by atoms with Crippen LogP contribution in [-0.2, 0) is 16.1 Å². The summed E-state index contributed by atoms with van der Waals surface area (Å²) in [6.45, 7) is 2.61. The van der Waals surface area contributed by atoms with Crippen molar-refractivity contribution in [2.24, 2.45) is 5.92 Å². The number of nitrogens with zero attached hydrogens (tertiary/aromatic N) is 1. The fraction of sp³-hybridized carbons (Fsp3) is 0.250. The van der Waals surface area contributed by atoms with Gasteiger partial charge in [0.25, 0.3) is 0 Å². The third-order valence-electron chi connectivity index (χ3n) is 6.18. The maximum atomic E-state index is 12.9. The van der Waals surface area contributed by atoms with Gasteiger partial charge in [-0.1, -0.05) is 51.3 Å². The highest BCUT2D eigenvalue weighted by atomic mass is 79.9. The first-order chi connectivity index (χ1) is 18.7. The molecule has 0 spiro atoms. The summed E-state index contributed by atoms with van der Waals surface area (Å²) in [5, 5.41) is 9.38. The minimum Gasteiger partial charge on any atom is -0.457 e. The van der Waals surface area contributed by atoms with Gasteiger partial charge in [-0.3, -0.25) is 9.59 Å². The lowest BCUT2D eigenvalue weighted by molar-refractivity contribution is -0.121. The lowest BCUT2D eigenvalue weighted by Crippen LogP contribution is -2.45. The zero-order chi connectivity index (χ0) is 27.9. The van der Waals surface area contributed by atoms with Crippen molar-refractivity contribution in [1.82, 2.24) is 10.2 Å². The smallest absolute Gasteiger partial charge is 0.317 e. The zero-order valence-electron chi connectivity index (χ0n) is 21.1. The largest absolute Gasteiger partial charge is 0.457 e. The van der Waals surface area contributed by atoms with E-state index in [2.05, 4.69) is 31.9 Å². The Kier molecular flexibility index (Phi) is 9.72. The van der Waals surface area contributed by atoms with Crippen LogP contribution in [0.15, 0.2) is 65.1 Å². The van der Waals surface area contributed by atoms with Crippen LogP contribution < -0.4 is 20.7 Å². The topological polar surface area (TPSA) is 99.8 Å². The molecule has 204 valence electrons. The van der Waals surface area contributed by atoms with E-state index >= 15 is 0 Å². The number of piperidine rings is 1. The Bertz CT molecular complexity index is 1380. The van der Waals surface area contributed by atoms with E-state index in [-0.39, 0.29) is 30.3 Å². The highest BCUT2D eigenvalue weighted by molar-refractivity contribution is 9.10. The number of amides is 4. The highest BCUT2D eigenvalue weighted by Gasteiger charge is 2.27. The van der Waals surface area contributed by atoms with E-state index < -0.39 is 0 Å². The van der Waals surface area contributed by atoms with Gasteiger partial charge in [0, 0.05) is 60.0 Å². The number of halogens is 3. The molecule has 39 heavy (non-hydrogen) atoms. The van der Waals surface area contributed by atoms with Crippen LogP contribution >= 0.6 is 39.1 Å². The number of nitrogens with one attached hydrogen (secondary N) is 3. The molecule has 4 amide bonds. The minimum absolute atomic E-state index is 0.103. The summed E-state index contributed by atoms with van der Waals surface area (Å²) in [7, 11) is 0. The average Bonchev–Trinajstić information content (AvgIpc) is 2.90. The molecule has 1 fully saturated rings. The van der Waals surface area contributed by atoms with E-state index in [0.717, 1.165) is 10.0 Å². The number of anilines is 2. The first-order valence-corrected chi connectivity index (χ1v) is 13.9. The molecule has 1 aliphatic rings. The monoisotopic (exact) mass is 632 g/mol. The number of likely N-dealkylation sites (tertiary alicyclic amines) is 1. The third-order valence-corrected chi connectivity index (χ3v) is 7.41. The summed E-state index contributed by atoms with van der Waals surface area (Å²) in [5.74, 6) is 0.600. The number of carbonyl (C=O) groups excluding carboxylic acids is 3. The Labute approximate surface area is 245 Å². The number of urea groups is 1. The molecule has 3 N–H and O–H groups in total. The SMILES string of the molecule is CC(=O)Nc1cccc(NC(=O)C2CCN(C(=O)NCc3ccc(Br)cc3Oc3ccc(Cl)c(Cl)c3)CC2)c1. The van der Waals surface area contributed by atoms with Gasteiger partial charge in [-0.15, -0.1) is 0 Å². The molecule has 3 aromatic carbocycles. The first kappa shape index (κ1) is 28.7. The van der Waals surface area contributed by atoms with Crippen molar-refractivity contribution in [3.8, 4) is 11.5 Å². The van der Waals surface area contributed by atoms with Gasteiger partial charge in [-0.2, -0.15) is 0 Å². The molecule has 11 heteroatoms. The van der Waals surface area contributed by atoms with E-state index in [1.807, 2.05) is 18.2 Å². The van der Waals surface area contributed by atoms with Crippen LogP contribution in [0.2, 0.25) is 10.0 Å². The summed E-state index contributed by atoms with van der Waals surface area (Å²) in [6.07, 6.45) is 1.10. The number of hydrogen-bond donors (Lipinski definition) is 3. The molecule has 0 saturated carbocycles. The van der Waals surface area contributed by atoms with E-state index in [4.69, 9.17) is 27.9 Å². The zero-order valence-corrected chi connectivity index (χ0v) is 24.2. The normalized spacial score (nSPS) is 13.5. The summed E-state index contributed by atoms with van der Waals surface area (Å²) in [5.41, 5.74) is 2.01.